The van der Waals surface area contributed by atoms with Crippen LogP contribution in [-0.2, 0) is 0 Å². The first-order valence-corrected chi connectivity index (χ1v) is 29.7. The van der Waals surface area contributed by atoms with Crippen molar-refractivity contribution in [2.45, 2.75) is 225 Å². The van der Waals surface area contributed by atoms with Gasteiger partial charge >= 0.3 is 17.8 Å². The Balaban J connectivity index is 1.13. The lowest BCUT2D eigenvalue weighted by atomic mass is 9.99. The molecule has 1 aliphatic rings. The Morgan fingerprint density at radius 3 is 0.945 bits per heavy atom. The number of carbonyl (C=O) groups is 2. The summed E-state index contributed by atoms with van der Waals surface area (Å²) < 4.78 is 94.5. The molecule has 2 N–H and O–H groups in total. The van der Waals surface area contributed by atoms with Crippen molar-refractivity contribution in [1.82, 2.24) is 10.6 Å². The maximum atomic E-state index is 15.9. The van der Waals surface area contributed by atoms with E-state index in [1.54, 1.807) is 62.4 Å². The molecule has 0 fully saturated rings. The molecule has 1 aliphatic carbocycles. The van der Waals surface area contributed by atoms with E-state index < -0.39 is 28.9 Å². The van der Waals surface area contributed by atoms with Gasteiger partial charge in [0.25, 0.3) is 11.8 Å². The average Bonchev–Trinajstić information content (AvgIpc) is 3.98. The molecule has 0 spiro atoms. The van der Waals surface area contributed by atoms with Crippen molar-refractivity contribution in [3.8, 4) is 22.3 Å². The predicted molar refractivity (Wildman–Crippen MR) is 296 cm³/mol. The third-order valence-corrected chi connectivity index (χ3v) is 16.7. The second-order valence-corrected chi connectivity index (χ2v) is 23.0. The Morgan fingerprint density at radius 1 is 0.411 bits per heavy atom. The molecule has 0 bridgehead atoms. The molecule has 0 saturated heterocycles. The number of thiophene rings is 2. The zero-order chi connectivity index (χ0) is 52.7. The average molecular weight is 1060 g/mol. The third kappa shape index (κ3) is 17.1. The Bertz CT molecular complexity index is 2140. The molecule has 2 heterocycles. The molecule has 12 heteroatoms. The second-order valence-electron chi connectivity index (χ2n) is 20.5. The molecular formula is C61H84F6N2O2S2. The SMILES string of the molecule is CCCCCCCCCCCCCCCCNC(=O)c1ccc(-c2cc(C3=C(c4cc(-c5ccc(C(=O)NCCCCCCCCCCCCCCCC)cc5)c(C)s4)C(F)(F)C(F)(F)C3(F)F)sc2C)cc1. The highest BCUT2D eigenvalue weighted by atomic mass is 32.1. The fraction of sp³-hybridized carbons (Fsp3) is 0.607. The second kappa shape index (κ2) is 30.6. The van der Waals surface area contributed by atoms with E-state index in [-0.39, 0.29) is 21.6 Å². The lowest BCUT2D eigenvalue weighted by Crippen LogP contribution is -2.48. The highest BCUT2D eigenvalue weighted by Gasteiger charge is 2.80. The maximum Gasteiger partial charge on any atom is 0.380 e. The molecule has 2 aromatic heterocycles. The Morgan fingerprint density at radius 2 is 0.671 bits per heavy atom. The quantitative estimate of drug-likeness (QED) is 0.0352. The van der Waals surface area contributed by atoms with Gasteiger partial charge in [0.1, 0.15) is 0 Å². The van der Waals surface area contributed by atoms with Crippen molar-refractivity contribution in [3.05, 3.63) is 91.3 Å². The van der Waals surface area contributed by atoms with Crippen molar-refractivity contribution in [3.63, 3.8) is 0 Å². The van der Waals surface area contributed by atoms with Gasteiger partial charge in [-0.15, -0.1) is 22.7 Å². The zero-order valence-corrected chi connectivity index (χ0v) is 46.0. The highest BCUT2D eigenvalue weighted by Crippen LogP contribution is 2.66. The standard InChI is InChI=1S/C61H84F6N2O2S2/c1-5-7-9-11-13-15-17-19-21-23-25-27-29-31-41-68-57(70)49-37-33-47(34-38-49)51-43-53(72-45(51)3)55-56(60(64,65)61(66,67)59(55,62)63)54-44-52(46(4)73-54)48-35-39-50(40-36-48)58(71)69-42-32-30-28-26-24-22-20-18-16-14-12-10-8-6-2/h33-40,43-44H,5-32,41-42H2,1-4H3,(H,68,70)(H,69,71). The number of halogens is 6. The number of carbonyl (C=O) groups excluding carboxylic acids is 2. The summed E-state index contributed by atoms with van der Waals surface area (Å²) in [5, 5.41) is 5.92. The van der Waals surface area contributed by atoms with E-state index in [4.69, 9.17) is 0 Å². The third-order valence-electron chi connectivity index (χ3n) is 14.5. The molecule has 73 heavy (non-hydrogen) atoms. The minimum absolute atomic E-state index is 0.244. The molecule has 4 aromatic rings. The summed E-state index contributed by atoms with van der Waals surface area (Å²) in [4.78, 5) is 26.1. The first-order valence-electron chi connectivity index (χ1n) is 28.0. The molecule has 2 aromatic carbocycles. The van der Waals surface area contributed by atoms with Gasteiger partial charge in [-0.25, -0.2) is 0 Å². The monoisotopic (exact) mass is 1050 g/mol. The molecular weight excluding hydrogens is 971 g/mol. The predicted octanol–water partition coefficient (Wildman–Crippen LogP) is 20.0. The number of aryl methyl sites for hydroxylation is 2. The zero-order valence-electron chi connectivity index (χ0n) is 44.4. The van der Waals surface area contributed by atoms with Gasteiger partial charge < -0.3 is 10.6 Å². The summed E-state index contributed by atoms with van der Waals surface area (Å²) in [6.07, 6.45) is 34.9. The topological polar surface area (TPSA) is 58.2 Å². The Kier molecular flexibility index (Phi) is 25.1. The molecule has 2 amide bonds. The molecule has 0 unspecified atom stereocenters. The number of hydrogen-bond donors (Lipinski definition) is 2. The minimum Gasteiger partial charge on any atom is -0.352 e. The fourth-order valence-electron chi connectivity index (χ4n) is 10.0. The fourth-order valence-corrected chi connectivity index (χ4v) is 12.3. The smallest absolute Gasteiger partial charge is 0.352 e. The molecule has 0 radical (unpaired) electrons. The lowest BCUT2D eigenvalue weighted by molar-refractivity contribution is -0.254. The van der Waals surface area contributed by atoms with Gasteiger partial charge in [0.2, 0.25) is 0 Å². The summed E-state index contributed by atoms with van der Waals surface area (Å²) >= 11 is 1.51. The molecule has 5 rings (SSSR count). The number of alkyl halides is 6. The highest BCUT2D eigenvalue weighted by molar-refractivity contribution is 7.14. The number of amides is 2. The van der Waals surface area contributed by atoms with Crippen molar-refractivity contribution in [1.29, 1.82) is 0 Å². The number of hydrogen-bond acceptors (Lipinski definition) is 4. The largest absolute Gasteiger partial charge is 0.380 e. The van der Waals surface area contributed by atoms with Gasteiger partial charge in [0, 0.05) is 43.7 Å². The van der Waals surface area contributed by atoms with E-state index in [2.05, 4.69) is 24.5 Å². The van der Waals surface area contributed by atoms with Gasteiger partial charge in [-0.2, -0.15) is 26.3 Å². The molecule has 4 nitrogen and oxygen atoms in total. The summed E-state index contributed by atoms with van der Waals surface area (Å²) in [6.45, 7) is 8.83. The molecule has 0 aliphatic heterocycles. The van der Waals surface area contributed by atoms with Crippen molar-refractivity contribution < 1.29 is 35.9 Å². The summed E-state index contributed by atoms with van der Waals surface area (Å²) in [5.74, 6) is -16.5. The normalized spacial score (nSPS) is 14.8. The summed E-state index contributed by atoms with van der Waals surface area (Å²) in [7, 11) is 0. The van der Waals surface area contributed by atoms with E-state index in [0.29, 0.717) is 56.2 Å². The van der Waals surface area contributed by atoms with E-state index in [0.717, 1.165) is 61.2 Å². The number of unbranched alkanes of at least 4 members (excludes halogenated alkanes) is 26. The van der Waals surface area contributed by atoms with Gasteiger partial charge in [0.05, 0.1) is 11.1 Å². The number of allylic oxidation sites excluding steroid dienone is 2. The molecule has 0 atom stereocenters. The van der Waals surface area contributed by atoms with E-state index in [1.165, 1.54) is 153 Å². The summed E-state index contributed by atoms with van der Waals surface area (Å²) in [5.41, 5.74) is -0.0556. The van der Waals surface area contributed by atoms with Crippen LogP contribution in [0, 0.1) is 13.8 Å². The van der Waals surface area contributed by atoms with E-state index in [9.17, 15) is 9.59 Å². The number of rotatable bonds is 36. The minimum atomic E-state index is -5.69. The van der Waals surface area contributed by atoms with Crippen molar-refractivity contribution in [2.24, 2.45) is 0 Å². The first kappa shape index (κ1) is 60.0. The molecule has 404 valence electrons. The van der Waals surface area contributed by atoms with Crippen LogP contribution in [0.15, 0.2) is 60.7 Å². The Hall–Kier alpha value is -3.90. The van der Waals surface area contributed by atoms with Crippen LogP contribution in [-0.4, -0.2) is 42.7 Å². The molecule has 0 saturated carbocycles. The van der Waals surface area contributed by atoms with Crippen LogP contribution in [0.1, 0.15) is 234 Å². The van der Waals surface area contributed by atoms with Gasteiger partial charge in [-0.05, 0) is 85.3 Å². The Labute approximate surface area is 442 Å². The van der Waals surface area contributed by atoms with Crippen LogP contribution in [0.25, 0.3) is 33.4 Å². The van der Waals surface area contributed by atoms with Gasteiger partial charge in [-0.3, -0.25) is 9.59 Å². The first-order chi connectivity index (χ1) is 35.1. The maximum absolute atomic E-state index is 15.9. The number of nitrogens with one attached hydrogen (secondary N) is 2. The lowest BCUT2D eigenvalue weighted by Gasteiger charge is -2.25. The van der Waals surface area contributed by atoms with Crippen LogP contribution in [0.3, 0.4) is 0 Å². The van der Waals surface area contributed by atoms with Crippen LogP contribution >= 0.6 is 22.7 Å². The number of benzene rings is 2. The van der Waals surface area contributed by atoms with Crippen LogP contribution in [0.4, 0.5) is 26.3 Å². The van der Waals surface area contributed by atoms with E-state index in [1.807, 2.05) is 0 Å². The van der Waals surface area contributed by atoms with Crippen LogP contribution < -0.4 is 10.6 Å². The van der Waals surface area contributed by atoms with Crippen LogP contribution in [0.2, 0.25) is 0 Å². The van der Waals surface area contributed by atoms with Gasteiger partial charge in [-0.1, -0.05) is 205 Å². The van der Waals surface area contributed by atoms with Gasteiger partial charge in [0.15, 0.2) is 0 Å². The summed E-state index contributed by atoms with van der Waals surface area (Å²) in [6, 6.07) is 15.6. The van der Waals surface area contributed by atoms with Crippen molar-refractivity contribution in [2.75, 3.05) is 13.1 Å². The van der Waals surface area contributed by atoms with E-state index >= 15 is 26.3 Å². The van der Waals surface area contributed by atoms with Crippen molar-refractivity contribution >= 4 is 45.6 Å². The van der Waals surface area contributed by atoms with Crippen LogP contribution in [0.5, 0.6) is 0 Å².